The number of amides is 1. The van der Waals surface area contributed by atoms with E-state index in [0.29, 0.717) is 18.8 Å². The number of likely N-dealkylation sites (tertiary alicyclic amines) is 1. The fraction of sp³-hybridized carbons (Fsp3) is 0.353. The summed E-state index contributed by atoms with van der Waals surface area (Å²) in [6, 6.07) is 9.33. The number of rotatable bonds is 5. The molecule has 0 radical (unpaired) electrons. The summed E-state index contributed by atoms with van der Waals surface area (Å²) in [6.07, 6.45) is 3.53. The Morgan fingerprint density at radius 3 is 2.75 bits per heavy atom. The molecule has 1 atom stereocenters. The first-order valence-electron chi connectivity index (χ1n) is 7.80. The normalized spacial score (nSPS) is 17.4. The third-order valence-corrected chi connectivity index (χ3v) is 3.71. The maximum atomic E-state index is 12.8. The molecule has 0 bridgehead atoms. The van der Waals surface area contributed by atoms with Gasteiger partial charge in [-0.25, -0.2) is 14.4 Å². The maximum Gasteiger partial charge on any atom is 0.316 e. The number of piperidine rings is 1. The van der Waals surface area contributed by atoms with Gasteiger partial charge in [-0.1, -0.05) is 18.2 Å². The molecule has 0 N–H and O–H groups in total. The van der Waals surface area contributed by atoms with Crippen molar-refractivity contribution in [1.29, 1.82) is 0 Å². The number of carbonyl (C=O) groups is 1. The van der Waals surface area contributed by atoms with Gasteiger partial charge in [0.1, 0.15) is 11.9 Å². The summed E-state index contributed by atoms with van der Waals surface area (Å²) in [6.45, 7) is 1.10. The lowest BCUT2D eigenvalue weighted by molar-refractivity contribution is -0.136. The van der Waals surface area contributed by atoms with Crippen LogP contribution >= 0.6 is 0 Å². The molecular formula is C17H18FN3O3. The molecule has 2 heterocycles. The number of benzene rings is 1. The molecule has 1 aromatic carbocycles. The lowest BCUT2D eigenvalue weighted by Gasteiger charge is -2.32. The van der Waals surface area contributed by atoms with Crippen LogP contribution in [0.3, 0.4) is 0 Å². The molecule has 1 aromatic heterocycles. The maximum absolute atomic E-state index is 12.8. The fourth-order valence-electron chi connectivity index (χ4n) is 2.52. The molecule has 0 aliphatic carbocycles. The van der Waals surface area contributed by atoms with Crippen LogP contribution in [-0.4, -0.2) is 46.6 Å². The van der Waals surface area contributed by atoms with Crippen LogP contribution in [0.4, 0.5) is 4.39 Å². The van der Waals surface area contributed by atoms with E-state index in [1.807, 2.05) is 18.2 Å². The Kier molecular flexibility index (Phi) is 5.20. The zero-order chi connectivity index (χ0) is 16.8. The second kappa shape index (κ2) is 7.72. The molecule has 3 rings (SSSR count). The van der Waals surface area contributed by atoms with Gasteiger partial charge in [-0.15, -0.1) is 0 Å². The van der Waals surface area contributed by atoms with Gasteiger partial charge in [0.25, 0.3) is 5.91 Å². The zero-order valence-electron chi connectivity index (χ0n) is 13.1. The number of nitrogens with zero attached hydrogens (tertiary/aromatic N) is 3. The van der Waals surface area contributed by atoms with Crippen molar-refractivity contribution in [3.05, 3.63) is 48.5 Å². The van der Waals surface area contributed by atoms with Crippen LogP contribution in [0.15, 0.2) is 42.7 Å². The van der Waals surface area contributed by atoms with Gasteiger partial charge < -0.3 is 14.4 Å². The zero-order valence-corrected chi connectivity index (χ0v) is 13.1. The van der Waals surface area contributed by atoms with E-state index < -0.39 is 5.82 Å². The van der Waals surface area contributed by atoms with Crippen molar-refractivity contribution in [2.24, 2.45) is 0 Å². The van der Waals surface area contributed by atoms with Gasteiger partial charge in [-0.05, 0) is 25.0 Å². The highest BCUT2D eigenvalue weighted by atomic mass is 19.1. The Morgan fingerprint density at radius 1 is 1.25 bits per heavy atom. The average Bonchev–Trinajstić information content (AvgIpc) is 2.63. The van der Waals surface area contributed by atoms with E-state index in [9.17, 15) is 9.18 Å². The van der Waals surface area contributed by atoms with Crippen LogP contribution < -0.4 is 9.47 Å². The Bertz CT molecular complexity index is 667. The van der Waals surface area contributed by atoms with Crippen LogP contribution in [0, 0.1) is 5.82 Å². The Morgan fingerprint density at radius 2 is 2.00 bits per heavy atom. The van der Waals surface area contributed by atoms with E-state index in [0.717, 1.165) is 25.2 Å². The Balaban J connectivity index is 1.51. The molecule has 24 heavy (non-hydrogen) atoms. The Labute approximate surface area is 139 Å². The highest BCUT2D eigenvalue weighted by molar-refractivity contribution is 5.77. The summed E-state index contributed by atoms with van der Waals surface area (Å²) < 4.78 is 23.9. The average molecular weight is 331 g/mol. The van der Waals surface area contributed by atoms with Gasteiger partial charge in [0.2, 0.25) is 0 Å². The number of halogens is 1. The monoisotopic (exact) mass is 331 g/mol. The van der Waals surface area contributed by atoms with Gasteiger partial charge >= 0.3 is 6.01 Å². The molecule has 1 aliphatic rings. The highest BCUT2D eigenvalue weighted by Gasteiger charge is 2.25. The van der Waals surface area contributed by atoms with Crippen LogP contribution in [0.5, 0.6) is 11.8 Å². The van der Waals surface area contributed by atoms with Crippen LogP contribution in [0.1, 0.15) is 12.8 Å². The quantitative estimate of drug-likeness (QED) is 0.839. The van der Waals surface area contributed by atoms with Crippen LogP contribution in [0.2, 0.25) is 0 Å². The van der Waals surface area contributed by atoms with Gasteiger partial charge in [-0.3, -0.25) is 4.79 Å². The predicted molar refractivity (Wildman–Crippen MR) is 84.2 cm³/mol. The summed E-state index contributed by atoms with van der Waals surface area (Å²) in [4.78, 5) is 21.6. The number of ether oxygens (including phenoxy) is 2. The number of hydrogen-bond acceptors (Lipinski definition) is 5. The minimum atomic E-state index is -0.513. The smallest absolute Gasteiger partial charge is 0.316 e. The summed E-state index contributed by atoms with van der Waals surface area (Å²) >= 11 is 0. The third-order valence-electron chi connectivity index (χ3n) is 3.71. The summed E-state index contributed by atoms with van der Waals surface area (Å²) in [5.41, 5.74) is 0. The summed E-state index contributed by atoms with van der Waals surface area (Å²) in [5, 5.41) is 0. The molecule has 6 nitrogen and oxygen atoms in total. The van der Waals surface area contributed by atoms with E-state index in [4.69, 9.17) is 9.47 Å². The number of para-hydroxylation sites is 1. The second-order valence-corrected chi connectivity index (χ2v) is 5.51. The van der Waals surface area contributed by atoms with Crippen molar-refractivity contribution in [2.45, 2.75) is 18.9 Å². The van der Waals surface area contributed by atoms with Crippen molar-refractivity contribution < 1.29 is 18.7 Å². The molecule has 1 fully saturated rings. The van der Waals surface area contributed by atoms with Crippen LogP contribution in [0.25, 0.3) is 0 Å². The van der Waals surface area contributed by atoms with Gasteiger partial charge in [0, 0.05) is 6.54 Å². The summed E-state index contributed by atoms with van der Waals surface area (Å²) in [7, 11) is 0. The lowest BCUT2D eigenvalue weighted by atomic mass is 10.1. The number of carbonyl (C=O) groups excluding carboxylic acids is 1. The van der Waals surface area contributed by atoms with Crippen molar-refractivity contribution >= 4 is 5.91 Å². The largest absolute Gasteiger partial charge is 0.484 e. The SMILES string of the molecule is O=C(COc1ccccc1)N1CCCC(Oc2ncc(F)cn2)C1. The second-order valence-electron chi connectivity index (χ2n) is 5.51. The van der Waals surface area contributed by atoms with Crippen molar-refractivity contribution in [3.63, 3.8) is 0 Å². The number of hydrogen-bond donors (Lipinski definition) is 0. The molecule has 7 heteroatoms. The van der Waals surface area contributed by atoms with Crippen molar-refractivity contribution in [2.75, 3.05) is 19.7 Å². The number of aromatic nitrogens is 2. The highest BCUT2D eigenvalue weighted by Crippen LogP contribution is 2.16. The molecule has 1 unspecified atom stereocenters. The summed E-state index contributed by atoms with van der Waals surface area (Å²) in [5.74, 6) is 0.0587. The fourth-order valence-corrected chi connectivity index (χ4v) is 2.52. The van der Waals surface area contributed by atoms with Gasteiger partial charge in [0.15, 0.2) is 12.4 Å². The Hall–Kier alpha value is -2.70. The third kappa shape index (κ3) is 4.41. The van der Waals surface area contributed by atoms with Crippen LogP contribution in [-0.2, 0) is 4.79 Å². The molecule has 1 saturated heterocycles. The molecule has 0 spiro atoms. The minimum Gasteiger partial charge on any atom is -0.484 e. The van der Waals surface area contributed by atoms with E-state index >= 15 is 0 Å². The first kappa shape index (κ1) is 16.2. The molecular weight excluding hydrogens is 313 g/mol. The first-order valence-corrected chi connectivity index (χ1v) is 7.80. The molecule has 0 saturated carbocycles. The molecule has 1 aliphatic heterocycles. The van der Waals surface area contributed by atoms with E-state index in [-0.39, 0.29) is 24.6 Å². The van der Waals surface area contributed by atoms with Crippen molar-refractivity contribution in [1.82, 2.24) is 14.9 Å². The molecule has 2 aromatic rings. The lowest BCUT2D eigenvalue weighted by Crippen LogP contribution is -2.46. The van der Waals surface area contributed by atoms with Gasteiger partial charge in [-0.2, -0.15) is 0 Å². The van der Waals surface area contributed by atoms with E-state index in [1.165, 1.54) is 0 Å². The standard InChI is InChI=1S/C17H18FN3O3/c18-13-9-19-17(20-10-13)24-15-7-4-8-21(11-15)16(22)12-23-14-5-2-1-3-6-14/h1-3,5-6,9-10,15H,4,7-8,11-12H2. The van der Waals surface area contributed by atoms with Gasteiger partial charge in [0.05, 0.1) is 18.9 Å². The first-order chi connectivity index (χ1) is 11.7. The van der Waals surface area contributed by atoms with Crippen molar-refractivity contribution in [3.8, 4) is 11.8 Å². The minimum absolute atomic E-state index is 0.0101. The molecule has 126 valence electrons. The van der Waals surface area contributed by atoms with E-state index in [1.54, 1.807) is 17.0 Å². The molecule has 1 amide bonds. The topological polar surface area (TPSA) is 64.5 Å². The van der Waals surface area contributed by atoms with E-state index in [2.05, 4.69) is 9.97 Å². The predicted octanol–water partition coefficient (Wildman–Crippen LogP) is 2.06.